The van der Waals surface area contributed by atoms with Gasteiger partial charge in [-0.3, -0.25) is 4.79 Å². The molecule has 0 bridgehead atoms. The normalized spacial score (nSPS) is 19.2. The number of rotatable bonds is 3. The number of halogens is 1. The van der Waals surface area contributed by atoms with Crippen LogP contribution in [0.3, 0.4) is 0 Å². The second-order valence-corrected chi connectivity index (χ2v) is 5.68. The predicted octanol–water partition coefficient (Wildman–Crippen LogP) is 2.51. The lowest BCUT2D eigenvalue weighted by Gasteiger charge is -2.37. The zero-order valence-electron chi connectivity index (χ0n) is 9.87. The standard InChI is InChI=1S/C13H17BrN2O/c1-9(10-4-2-5-11(14)8-10)16-12(17)13(15)6-3-7-13/h2,4-5,8-9H,3,6-7,15H2,1H3,(H,16,17)/t9-/m0/s1. The molecule has 4 heteroatoms. The summed E-state index contributed by atoms with van der Waals surface area (Å²) in [6.07, 6.45) is 2.64. The summed E-state index contributed by atoms with van der Waals surface area (Å²) in [5.41, 5.74) is 6.44. The molecule has 3 nitrogen and oxygen atoms in total. The zero-order valence-corrected chi connectivity index (χ0v) is 11.5. The van der Waals surface area contributed by atoms with Crippen molar-refractivity contribution in [1.82, 2.24) is 5.32 Å². The fourth-order valence-electron chi connectivity index (χ4n) is 1.98. The monoisotopic (exact) mass is 296 g/mol. The molecular weight excluding hydrogens is 280 g/mol. The van der Waals surface area contributed by atoms with Crippen LogP contribution in [0.25, 0.3) is 0 Å². The molecule has 1 aliphatic carbocycles. The Morgan fingerprint density at radius 1 is 1.53 bits per heavy atom. The van der Waals surface area contributed by atoms with Crippen molar-refractivity contribution >= 4 is 21.8 Å². The van der Waals surface area contributed by atoms with Gasteiger partial charge in [-0.05, 0) is 43.9 Å². The lowest BCUT2D eigenvalue weighted by atomic mass is 9.77. The van der Waals surface area contributed by atoms with E-state index in [0.717, 1.165) is 29.3 Å². The van der Waals surface area contributed by atoms with Gasteiger partial charge in [-0.1, -0.05) is 28.1 Å². The number of hydrogen-bond acceptors (Lipinski definition) is 2. The molecule has 1 aromatic rings. The first-order chi connectivity index (χ1) is 8.01. The van der Waals surface area contributed by atoms with Crippen LogP contribution in [-0.4, -0.2) is 11.4 Å². The van der Waals surface area contributed by atoms with Crippen molar-refractivity contribution < 1.29 is 4.79 Å². The number of carbonyl (C=O) groups excluding carboxylic acids is 1. The minimum atomic E-state index is -0.625. The number of carbonyl (C=O) groups is 1. The van der Waals surface area contributed by atoms with Gasteiger partial charge in [0.25, 0.3) is 0 Å². The third-order valence-corrected chi connectivity index (χ3v) is 3.89. The molecule has 2 rings (SSSR count). The summed E-state index contributed by atoms with van der Waals surface area (Å²) in [6.45, 7) is 1.97. The van der Waals surface area contributed by atoms with Crippen molar-refractivity contribution in [3.8, 4) is 0 Å². The fourth-order valence-corrected chi connectivity index (χ4v) is 2.40. The Labute approximate surface area is 110 Å². The highest BCUT2D eigenvalue weighted by Gasteiger charge is 2.40. The van der Waals surface area contributed by atoms with Crippen LogP contribution in [0.2, 0.25) is 0 Å². The van der Waals surface area contributed by atoms with Crippen molar-refractivity contribution in [2.45, 2.75) is 37.8 Å². The number of benzene rings is 1. The summed E-state index contributed by atoms with van der Waals surface area (Å²) in [5.74, 6) is -0.0313. The van der Waals surface area contributed by atoms with Crippen LogP contribution in [0.4, 0.5) is 0 Å². The van der Waals surface area contributed by atoms with E-state index in [2.05, 4.69) is 21.2 Å². The summed E-state index contributed by atoms with van der Waals surface area (Å²) < 4.78 is 1.02. The van der Waals surface area contributed by atoms with Gasteiger partial charge in [0.05, 0.1) is 11.6 Å². The van der Waals surface area contributed by atoms with Crippen molar-refractivity contribution in [2.75, 3.05) is 0 Å². The first kappa shape index (κ1) is 12.6. The average molecular weight is 297 g/mol. The summed E-state index contributed by atoms with van der Waals surface area (Å²) in [4.78, 5) is 12.0. The van der Waals surface area contributed by atoms with Crippen LogP contribution >= 0.6 is 15.9 Å². The van der Waals surface area contributed by atoms with E-state index in [9.17, 15) is 4.79 Å². The van der Waals surface area contributed by atoms with Gasteiger partial charge in [-0.2, -0.15) is 0 Å². The Kier molecular flexibility index (Phi) is 3.54. The van der Waals surface area contributed by atoms with Gasteiger partial charge in [-0.15, -0.1) is 0 Å². The number of nitrogens with two attached hydrogens (primary N) is 1. The second-order valence-electron chi connectivity index (χ2n) is 4.76. The van der Waals surface area contributed by atoms with Crippen LogP contribution in [0.5, 0.6) is 0 Å². The highest BCUT2D eigenvalue weighted by atomic mass is 79.9. The molecule has 92 valence electrons. The van der Waals surface area contributed by atoms with E-state index < -0.39 is 5.54 Å². The molecule has 0 aromatic heterocycles. The van der Waals surface area contributed by atoms with Crippen LogP contribution in [-0.2, 0) is 4.79 Å². The van der Waals surface area contributed by atoms with Gasteiger partial charge in [0.15, 0.2) is 0 Å². The molecule has 0 aliphatic heterocycles. The van der Waals surface area contributed by atoms with Gasteiger partial charge < -0.3 is 11.1 Å². The molecule has 0 saturated heterocycles. The smallest absolute Gasteiger partial charge is 0.240 e. The van der Waals surface area contributed by atoms with Gasteiger partial charge in [0, 0.05) is 4.47 Å². The Morgan fingerprint density at radius 2 is 2.24 bits per heavy atom. The van der Waals surface area contributed by atoms with Gasteiger partial charge in [0.2, 0.25) is 5.91 Å². The topological polar surface area (TPSA) is 55.1 Å². The van der Waals surface area contributed by atoms with E-state index in [-0.39, 0.29) is 11.9 Å². The van der Waals surface area contributed by atoms with Crippen LogP contribution < -0.4 is 11.1 Å². The Bertz CT molecular complexity index is 429. The molecule has 0 spiro atoms. The largest absolute Gasteiger partial charge is 0.348 e. The average Bonchev–Trinajstić information content (AvgIpc) is 2.25. The van der Waals surface area contributed by atoms with Crippen molar-refractivity contribution in [1.29, 1.82) is 0 Å². The molecular formula is C13H17BrN2O. The van der Waals surface area contributed by atoms with Crippen LogP contribution in [0, 0.1) is 0 Å². The van der Waals surface area contributed by atoms with E-state index in [1.165, 1.54) is 0 Å². The molecule has 1 aromatic carbocycles. The van der Waals surface area contributed by atoms with Gasteiger partial charge >= 0.3 is 0 Å². The van der Waals surface area contributed by atoms with Gasteiger partial charge in [-0.25, -0.2) is 0 Å². The third kappa shape index (κ3) is 2.69. The lowest BCUT2D eigenvalue weighted by Crippen LogP contribution is -2.58. The van der Waals surface area contributed by atoms with Crippen LogP contribution in [0.15, 0.2) is 28.7 Å². The maximum atomic E-state index is 12.0. The molecule has 1 fully saturated rings. The lowest BCUT2D eigenvalue weighted by molar-refractivity contribution is -0.129. The second kappa shape index (κ2) is 4.78. The number of nitrogens with one attached hydrogen (secondary N) is 1. The molecule has 1 amide bonds. The quantitative estimate of drug-likeness (QED) is 0.900. The maximum absolute atomic E-state index is 12.0. The first-order valence-corrected chi connectivity index (χ1v) is 6.66. The highest BCUT2D eigenvalue weighted by molar-refractivity contribution is 9.10. The molecule has 0 unspecified atom stereocenters. The van der Waals surface area contributed by atoms with E-state index in [1.807, 2.05) is 31.2 Å². The molecule has 17 heavy (non-hydrogen) atoms. The predicted molar refractivity (Wildman–Crippen MR) is 71.5 cm³/mol. The number of amides is 1. The number of hydrogen-bond donors (Lipinski definition) is 2. The van der Waals surface area contributed by atoms with Gasteiger partial charge in [0.1, 0.15) is 0 Å². The molecule has 0 heterocycles. The minimum Gasteiger partial charge on any atom is -0.348 e. The Balaban J connectivity index is 2.01. The molecule has 0 radical (unpaired) electrons. The van der Waals surface area contributed by atoms with Crippen LogP contribution in [0.1, 0.15) is 37.8 Å². The minimum absolute atomic E-state index is 0.0129. The first-order valence-electron chi connectivity index (χ1n) is 5.86. The van der Waals surface area contributed by atoms with E-state index in [1.54, 1.807) is 0 Å². The van der Waals surface area contributed by atoms with E-state index >= 15 is 0 Å². The SMILES string of the molecule is C[C@H](NC(=O)C1(N)CCC1)c1cccc(Br)c1. The Hall–Kier alpha value is -0.870. The molecule has 1 atom stereocenters. The van der Waals surface area contributed by atoms with Crippen molar-refractivity contribution in [3.63, 3.8) is 0 Å². The summed E-state index contributed by atoms with van der Waals surface area (Å²) >= 11 is 3.42. The highest BCUT2D eigenvalue weighted by Crippen LogP contribution is 2.30. The van der Waals surface area contributed by atoms with E-state index in [4.69, 9.17) is 5.73 Å². The van der Waals surface area contributed by atoms with Crippen molar-refractivity contribution in [2.24, 2.45) is 5.73 Å². The molecule has 1 aliphatic rings. The van der Waals surface area contributed by atoms with E-state index in [0.29, 0.717) is 0 Å². The Morgan fingerprint density at radius 3 is 2.76 bits per heavy atom. The van der Waals surface area contributed by atoms with Crippen molar-refractivity contribution in [3.05, 3.63) is 34.3 Å². The summed E-state index contributed by atoms with van der Waals surface area (Å²) in [6, 6.07) is 7.92. The maximum Gasteiger partial charge on any atom is 0.240 e. The summed E-state index contributed by atoms with van der Waals surface area (Å²) in [7, 11) is 0. The summed E-state index contributed by atoms with van der Waals surface area (Å²) in [5, 5.41) is 2.98. The fraction of sp³-hybridized carbons (Fsp3) is 0.462. The zero-order chi connectivity index (χ0) is 12.5. The molecule has 3 N–H and O–H groups in total. The third-order valence-electron chi connectivity index (χ3n) is 3.39. The molecule has 1 saturated carbocycles.